The van der Waals surface area contributed by atoms with Gasteiger partial charge in [-0.1, -0.05) is 25.5 Å². The van der Waals surface area contributed by atoms with E-state index in [-0.39, 0.29) is 11.7 Å². The second kappa shape index (κ2) is 8.17. The molecule has 2 N–H and O–H groups in total. The van der Waals surface area contributed by atoms with Gasteiger partial charge in [0, 0.05) is 24.3 Å². The van der Waals surface area contributed by atoms with Crippen molar-refractivity contribution in [2.45, 2.75) is 32.7 Å². The number of anilines is 2. The molecular formula is C18H21FN2O. The molecule has 0 saturated carbocycles. The Balaban J connectivity index is 1.83. The van der Waals surface area contributed by atoms with Crippen LogP contribution in [0.3, 0.4) is 0 Å². The summed E-state index contributed by atoms with van der Waals surface area (Å²) >= 11 is 0. The lowest BCUT2D eigenvalue weighted by Crippen LogP contribution is -2.10. The molecule has 2 aromatic rings. The maximum atomic E-state index is 12.8. The summed E-state index contributed by atoms with van der Waals surface area (Å²) in [6.07, 6.45) is 2.48. The Hall–Kier alpha value is -2.36. The quantitative estimate of drug-likeness (QED) is 0.786. The van der Waals surface area contributed by atoms with Crippen molar-refractivity contribution in [1.29, 1.82) is 0 Å². The molecule has 0 fully saturated rings. The van der Waals surface area contributed by atoms with Crippen LogP contribution >= 0.6 is 0 Å². The van der Waals surface area contributed by atoms with Crippen molar-refractivity contribution in [2.75, 3.05) is 10.6 Å². The highest BCUT2D eigenvalue weighted by molar-refractivity contribution is 5.90. The van der Waals surface area contributed by atoms with E-state index in [1.807, 2.05) is 24.3 Å². The fourth-order valence-electron chi connectivity index (χ4n) is 2.04. The predicted octanol–water partition coefficient (Wildman–Crippen LogP) is 4.57. The van der Waals surface area contributed by atoms with Gasteiger partial charge in [0.05, 0.1) is 0 Å². The largest absolute Gasteiger partial charge is 0.381 e. The summed E-state index contributed by atoms with van der Waals surface area (Å²) in [6.45, 7) is 2.69. The maximum absolute atomic E-state index is 12.8. The molecule has 0 aromatic heterocycles. The van der Waals surface area contributed by atoms with Crippen LogP contribution in [-0.2, 0) is 11.3 Å². The van der Waals surface area contributed by atoms with Crippen LogP contribution in [0.15, 0.2) is 48.5 Å². The standard InChI is InChI=1S/C18H21FN2O/c1-2-3-4-18(22)21-17-11-9-16(10-12-17)20-13-14-5-7-15(19)8-6-14/h5-12,20H,2-4,13H2,1H3,(H,21,22). The number of unbranched alkanes of at least 4 members (excludes halogenated alkanes) is 1. The van der Waals surface area contributed by atoms with Gasteiger partial charge in [-0.2, -0.15) is 0 Å². The van der Waals surface area contributed by atoms with E-state index in [4.69, 9.17) is 0 Å². The van der Waals surface area contributed by atoms with E-state index >= 15 is 0 Å². The number of hydrogen-bond donors (Lipinski definition) is 2. The SMILES string of the molecule is CCCCC(=O)Nc1ccc(NCc2ccc(F)cc2)cc1. The molecule has 0 unspecified atom stereocenters. The van der Waals surface area contributed by atoms with Gasteiger partial charge in [0.25, 0.3) is 0 Å². The minimum absolute atomic E-state index is 0.0499. The van der Waals surface area contributed by atoms with Crippen LogP contribution < -0.4 is 10.6 Å². The second-order valence-corrected chi connectivity index (χ2v) is 5.21. The molecule has 0 aliphatic carbocycles. The molecule has 0 saturated heterocycles. The van der Waals surface area contributed by atoms with Crippen LogP contribution in [-0.4, -0.2) is 5.91 Å². The van der Waals surface area contributed by atoms with Crippen molar-refractivity contribution < 1.29 is 9.18 Å². The first kappa shape index (κ1) is 16.0. The first-order valence-corrected chi connectivity index (χ1v) is 7.55. The lowest BCUT2D eigenvalue weighted by molar-refractivity contribution is -0.116. The van der Waals surface area contributed by atoms with Crippen molar-refractivity contribution in [3.8, 4) is 0 Å². The average Bonchev–Trinajstić information content (AvgIpc) is 2.54. The number of nitrogens with one attached hydrogen (secondary N) is 2. The van der Waals surface area contributed by atoms with Gasteiger partial charge in [-0.25, -0.2) is 4.39 Å². The zero-order chi connectivity index (χ0) is 15.8. The van der Waals surface area contributed by atoms with Crippen LogP contribution in [0, 0.1) is 5.82 Å². The van der Waals surface area contributed by atoms with Crippen LogP contribution in [0.25, 0.3) is 0 Å². The van der Waals surface area contributed by atoms with Crippen molar-refractivity contribution in [3.63, 3.8) is 0 Å². The summed E-state index contributed by atoms with van der Waals surface area (Å²) in [5.74, 6) is -0.180. The molecule has 116 valence electrons. The van der Waals surface area contributed by atoms with Crippen LogP contribution in [0.2, 0.25) is 0 Å². The maximum Gasteiger partial charge on any atom is 0.224 e. The van der Waals surface area contributed by atoms with E-state index < -0.39 is 0 Å². The first-order valence-electron chi connectivity index (χ1n) is 7.55. The Morgan fingerprint density at radius 2 is 1.64 bits per heavy atom. The molecule has 1 amide bonds. The number of rotatable bonds is 7. The van der Waals surface area contributed by atoms with E-state index in [9.17, 15) is 9.18 Å². The number of carbonyl (C=O) groups excluding carboxylic acids is 1. The van der Waals surface area contributed by atoms with Crippen molar-refractivity contribution >= 4 is 17.3 Å². The van der Waals surface area contributed by atoms with E-state index in [1.165, 1.54) is 12.1 Å². The highest BCUT2D eigenvalue weighted by Crippen LogP contribution is 2.15. The van der Waals surface area contributed by atoms with E-state index in [2.05, 4.69) is 17.6 Å². The number of carbonyl (C=O) groups is 1. The Morgan fingerprint density at radius 3 is 2.27 bits per heavy atom. The van der Waals surface area contributed by atoms with Crippen molar-refractivity contribution in [2.24, 2.45) is 0 Å². The van der Waals surface area contributed by atoms with Gasteiger partial charge in [-0.15, -0.1) is 0 Å². The summed E-state index contributed by atoms with van der Waals surface area (Å²) in [4.78, 5) is 11.6. The zero-order valence-electron chi connectivity index (χ0n) is 12.7. The van der Waals surface area contributed by atoms with Crippen LogP contribution in [0.1, 0.15) is 31.7 Å². The van der Waals surface area contributed by atoms with E-state index in [1.54, 1.807) is 12.1 Å². The van der Waals surface area contributed by atoms with Gasteiger partial charge in [-0.3, -0.25) is 4.79 Å². The highest BCUT2D eigenvalue weighted by atomic mass is 19.1. The number of hydrogen-bond acceptors (Lipinski definition) is 2. The number of amides is 1. The molecule has 2 aromatic carbocycles. The number of halogens is 1. The molecule has 0 heterocycles. The van der Waals surface area contributed by atoms with Crippen molar-refractivity contribution in [1.82, 2.24) is 0 Å². The Morgan fingerprint density at radius 1 is 1.00 bits per heavy atom. The van der Waals surface area contributed by atoms with E-state index in [0.29, 0.717) is 13.0 Å². The molecule has 0 bridgehead atoms. The smallest absolute Gasteiger partial charge is 0.224 e. The summed E-state index contributed by atoms with van der Waals surface area (Å²) in [5.41, 5.74) is 2.77. The van der Waals surface area contributed by atoms with Crippen LogP contribution in [0.4, 0.5) is 15.8 Å². The summed E-state index contributed by atoms with van der Waals surface area (Å²) in [6, 6.07) is 14.0. The molecule has 4 heteroatoms. The molecule has 22 heavy (non-hydrogen) atoms. The van der Waals surface area contributed by atoms with Gasteiger partial charge in [0.1, 0.15) is 5.82 Å². The van der Waals surface area contributed by atoms with Crippen LogP contribution in [0.5, 0.6) is 0 Å². The van der Waals surface area contributed by atoms with Gasteiger partial charge >= 0.3 is 0 Å². The fraction of sp³-hybridized carbons (Fsp3) is 0.278. The zero-order valence-corrected chi connectivity index (χ0v) is 12.7. The lowest BCUT2D eigenvalue weighted by atomic mass is 10.2. The highest BCUT2D eigenvalue weighted by Gasteiger charge is 2.01. The minimum Gasteiger partial charge on any atom is -0.381 e. The summed E-state index contributed by atoms with van der Waals surface area (Å²) < 4.78 is 12.8. The topological polar surface area (TPSA) is 41.1 Å². The molecule has 2 rings (SSSR count). The number of benzene rings is 2. The molecule has 3 nitrogen and oxygen atoms in total. The molecule has 0 radical (unpaired) electrons. The monoisotopic (exact) mass is 300 g/mol. The van der Waals surface area contributed by atoms with Gasteiger partial charge < -0.3 is 10.6 Å². The lowest BCUT2D eigenvalue weighted by Gasteiger charge is -2.09. The molecular weight excluding hydrogens is 279 g/mol. The van der Waals surface area contributed by atoms with Gasteiger partial charge in [0.15, 0.2) is 0 Å². The molecule has 0 aliphatic rings. The summed E-state index contributed by atoms with van der Waals surface area (Å²) in [7, 11) is 0. The Labute approximate surface area is 130 Å². The molecule has 0 spiro atoms. The predicted molar refractivity (Wildman–Crippen MR) is 88.3 cm³/mol. The third kappa shape index (κ3) is 5.20. The van der Waals surface area contributed by atoms with E-state index in [0.717, 1.165) is 29.8 Å². The Bertz CT molecular complexity index is 593. The first-order chi connectivity index (χ1) is 10.7. The van der Waals surface area contributed by atoms with Gasteiger partial charge in [-0.05, 0) is 48.4 Å². The minimum atomic E-state index is -0.230. The third-order valence-electron chi connectivity index (χ3n) is 3.34. The summed E-state index contributed by atoms with van der Waals surface area (Å²) in [5, 5.41) is 6.14. The van der Waals surface area contributed by atoms with Gasteiger partial charge in [0.2, 0.25) is 5.91 Å². The molecule has 0 atom stereocenters. The average molecular weight is 300 g/mol. The molecule has 0 aliphatic heterocycles. The normalized spacial score (nSPS) is 10.3. The Kier molecular flexibility index (Phi) is 5.95. The second-order valence-electron chi connectivity index (χ2n) is 5.21. The third-order valence-corrected chi connectivity index (χ3v) is 3.34. The fourth-order valence-corrected chi connectivity index (χ4v) is 2.04. The van der Waals surface area contributed by atoms with Crippen molar-refractivity contribution in [3.05, 3.63) is 59.9 Å².